The molecule has 3 nitrogen and oxygen atoms in total. The maximum atomic E-state index is 11.2. The number of carbonyl (C=O) groups excluding carboxylic acids is 1. The van der Waals surface area contributed by atoms with Crippen LogP contribution in [-0.4, -0.2) is 31.1 Å². The van der Waals surface area contributed by atoms with E-state index in [-0.39, 0.29) is 5.97 Å². The molecule has 19 heavy (non-hydrogen) atoms. The van der Waals surface area contributed by atoms with Crippen molar-refractivity contribution in [3.8, 4) is 0 Å². The monoisotopic (exact) mass is 277 g/mol. The number of hydrogen-bond donors (Lipinski definition) is 0. The molecular weight excluding hydrogens is 258 g/mol. The van der Waals surface area contributed by atoms with E-state index in [9.17, 15) is 4.79 Å². The number of fused-ring (bicyclic) bond motifs is 1. The summed E-state index contributed by atoms with van der Waals surface area (Å²) >= 11 is 1.78. The zero-order chi connectivity index (χ0) is 13.7. The fraction of sp³-hybridized carbons (Fsp3) is 0.400. The van der Waals surface area contributed by atoms with Gasteiger partial charge in [-0.25, -0.2) is 0 Å². The lowest BCUT2D eigenvalue weighted by atomic mass is 10.1. The highest BCUT2D eigenvalue weighted by molar-refractivity contribution is 7.17. The van der Waals surface area contributed by atoms with E-state index < -0.39 is 0 Å². The minimum absolute atomic E-state index is 0.145. The summed E-state index contributed by atoms with van der Waals surface area (Å²) in [4.78, 5) is 13.5. The normalized spacial score (nSPS) is 11.1. The van der Waals surface area contributed by atoms with Gasteiger partial charge in [0.25, 0.3) is 0 Å². The van der Waals surface area contributed by atoms with E-state index in [2.05, 4.69) is 46.2 Å². The van der Waals surface area contributed by atoms with Gasteiger partial charge in [-0.2, -0.15) is 0 Å². The summed E-state index contributed by atoms with van der Waals surface area (Å²) in [6.45, 7) is 4.68. The first-order valence-corrected chi connectivity index (χ1v) is 7.36. The lowest BCUT2D eigenvalue weighted by Gasteiger charge is -2.19. The third-order valence-corrected chi connectivity index (χ3v) is 4.27. The van der Waals surface area contributed by atoms with Crippen molar-refractivity contribution in [3.63, 3.8) is 0 Å². The standard InChI is InChI=1S/C15H19NO2S/c1-3-16(9-8-15(17)18-2)10-12-11-19-14-7-5-4-6-13(12)14/h4-7,11H,3,8-10H2,1-2H3. The van der Waals surface area contributed by atoms with Crippen molar-refractivity contribution in [3.05, 3.63) is 35.2 Å². The number of esters is 1. The van der Waals surface area contributed by atoms with Crippen LogP contribution in [0.3, 0.4) is 0 Å². The summed E-state index contributed by atoms with van der Waals surface area (Å²) in [6, 6.07) is 8.45. The zero-order valence-corrected chi connectivity index (χ0v) is 12.2. The first-order chi connectivity index (χ1) is 9.24. The van der Waals surface area contributed by atoms with Gasteiger partial charge >= 0.3 is 5.97 Å². The number of thiophene rings is 1. The molecule has 1 aromatic carbocycles. The first kappa shape index (κ1) is 14.0. The van der Waals surface area contributed by atoms with Gasteiger partial charge in [-0.3, -0.25) is 9.69 Å². The molecule has 102 valence electrons. The maximum absolute atomic E-state index is 11.2. The summed E-state index contributed by atoms with van der Waals surface area (Å²) in [5.41, 5.74) is 1.34. The molecule has 0 atom stereocenters. The number of carbonyl (C=O) groups is 1. The van der Waals surface area contributed by atoms with Crippen molar-refractivity contribution < 1.29 is 9.53 Å². The van der Waals surface area contributed by atoms with Gasteiger partial charge in [-0.15, -0.1) is 11.3 Å². The molecule has 0 spiro atoms. The van der Waals surface area contributed by atoms with Gasteiger partial charge in [-0.05, 0) is 28.9 Å². The van der Waals surface area contributed by atoms with Gasteiger partial charge in [0.1, 0.15) is 0 Å². The van der Waals surface area contributed by atoms with Crippen LogP contribution < -0.4 is 0 Å². The minimum Gasteiger partial charge on any atom is -0.469 e. The molecule has 1 aromatic heterocycles. The molecule has 0 unspecified atom stereocenters. The van der Waals surface area contributed by atoms with Crippen LogP contribution in [0.5, 0.6) is 0 Å². The number of nitrogens with zero attached hydrogens (tertiary/aromatic N) is 1. The van der Waals surface area contributed by atoms with Gasteiger partial charge in [-0.1, -0.05) is 25.1 Å². The van der Waals surface area contributed by atoms with Crippen LogP contribution in [0.1, 0.15) is 18.9 Å². The quantitative estimate of drug-likeness (QED) is 0.759. The zero-order valence-electron chi connectivity index (χ0n) is 11.4. The Morgan fingerprint density at radius 2 is 2.16 bits per heavy atom. The Bertz CT molecular complexity index is 550. The number of benzene rings is 1. The topological polar surface area (TPSA) is 29.5 Å². The van der Waals surface area contributed by atoms with E-state index in [4.69, 9.17) is 0 Å². The highest BCUT2D eigenvalue weighted by Crippen LogP contribution is 2.26. The van der Waals surface area contributed by atoms with E-state index in [1.807, 2.05) is 0 Å². The summed E-state index contributed by atoms with van der Waals surface area (Å²) in [5, 5.41) is 3.54. The van der Waals surface area contributed by atoms with Crippen molar-refractivity contribution in [1.82, 2.24) is 4.90 Å². The van der Waals surface area contributed by atoms with Crippen LogP contribution in [0, 0.1) is 0 Å². The van der Waals surface area contributed by atoms with E-state index in [0.717, 1.165) is 19.6 Å². The molecule has 0 radical (unpaired) electrons. The van der Waals surface area contributed by atoms with Crippen molar-refractivity contribution in [2.24, 2.45) is 0 Å². The SMILES string of the molecule is CCN(CCC(=O)OC)Cc1csc2ccccc12. The molecule has 0 fully saturated rings. The fourth-order valence-electron chi connectivity index (χ4n) is 2.10. The summed E-state index contributed by atoms with van der Waals surface area (Å²) in [7, 11) is 1.44. The third-order valence-electron chi connectivity index (χ3n) is 3.26. The number of hydrogen-bond acceptors (Lipinski definition) is 4. The van der Waals surface area contributed by atoms with Crippen LogP contribution in [0.2, 0.25) is 0 Å². The Labute approximate surface area is 117 Å². The second-order valence-electron chi connectivity index (χ2n) is 4.45. The van der Waals surface area contributed by atoms with Gasteiger partial charge in [0.05, 0.1) is 13.5 Å². The number of ether oxygens (including phenoxy) is 1. The molecule has 2 rings (SSSR count). The van der Waals surface area contributed by atoms with Crippen LogP contribution in [0.15, 0.2) is 29.6 Å². The largest absolute Gasteiger partial charge is 0.469 e. The molecule has 0 aliphatic rings. The van der Waals surface area contributed by atoms with Crippen molar-refractivity contribution in [2.45, 2.75) is 19.9 Å². The van der Waals surface area contributed by atoms with Crippen LogP contribution >= 0.6 is 11.3 Å². The van der Waals surface area contributed by atoms with Gasteiger partial charge in [0.2, 0.25) is 0 Å². The molecule has 0 saturated carbocycles. The lowest BCUT2D eigenvalue weighted by molar-refractivity contribution is -0.141. The van der Waals surface area contributed by atoms with E-state index in [1.165, 1.54) is 22.8 Å². The number of rotatable bonds is 6. The van der Waals surface area contributed by atoms with E-state index in [0.29, 0.717) is 6.42 Å². The first-order valence-electron chi connectivity index (χ1n) is 6.49. The Morgan fingerprint density at radius 3 is 2.89 bits per heavy atom. The molecule has 0 bridgehead atoms. The van der Waals surface area contributed by atoms with Gasteiger partial charge in [0, 0.05) is 17.8 Å². The molecule has 4 heteroatoms. The molecule has 2 aromatic rings. The second kappa shape index (κ2) is 6.68. The van der Waals surface area contributed by atoms with Crippen molar-refractivity contribution in [1.29, 1.82) is 0 Å². The lowest BCUT2D eigenvalue weighted by Crippen LogP contribution is -2.25. The van der Waals surface area contributed by atoms with Gasteiger partial charge in [0.15, 0.2) is 0 Å². The van der Waals surface area contributed by atoms with E-state index >= 15 is 0 Å². The maximum Gasteiger partial charge on any atom is 0.306 e. The Kier molecular flexibility index (Phi) is 4.93. The summed E-state index contributed by atoms with van der Waals surface area (Å²) in [5.74, 6) is -0.145. The fourth-order valence-corrected chi connectivity index (χ4v) is 3.05. The summed E-state index contributed by atoms with van der Waals surface area (Å²) in [6.07, 6.45) is 0.451. The summed E-state index contributed by atoms with van der Waals surface area (Å²) < 4.78 is 6.01. The minimum atomic E-state index is -0.145. The van der Waals surface area contributed by atoms with Crippen molar-refractivity contribution in [2.75, 3.05) is 20.2 Å². The average Bonchev–Trinajstić information content (AvgIpc) is 2.86. The molecule has 0 saturated heterocycles. The molecule has 0 N–H and O–H groups in total. The van der Waals surface area contributed by atoms with Crippen LogP contribution in [0.4, 0.5) is 0 Å². The predicted molar refractivity (Wildman–Crippen MR) is 79.4 cm³/mol. The van der Waals surface area contributed by atoms with Gasteiger partial charge < -0.3 is 4.74 Å². The molecule has 1 heterocycles. The molecule has 0 amide bonds. The van der Waals surface area contributed by atoms with Crippen LogP contribution in [-0.2, 0) is 16.1 Å². The second-order valence-corrected chi connectivity index (χ2v) is 5.36. The Hall–Kier alpha value is -1.39. The highest BCUT2D eigenvalue weighted by atomic mass is 32.1. The van der Waals surface area contributed by atoms with Crippen LogP contribution in [0.25, 0.3) is 10.1 Å². The number of methoxy groups -OCH3 is 1. The molecular formula is C15H19NO2S. The van der Waals surface area contributed by atoms with Crippen molar-refractivity contribution >= 4 is 27.4 Å². The average molecular weight is 277 g/mol. The molecule has 0 aliphatic carbocycles. The Morgan fingerprint density at radius 1 is 1.37 bits per heavy atom. The third kappa shape index (κ3) is 3.55. The predicted octanol–water partition coefficient (Wildman–Crippen LogP) is 3.29. The smallest absolute Gasteiger partial charge is 0.306 e. The molecule has 0 aliphatic heterocycles. The Balaban J connectivity index is 2.03. The highest BCUT2D eigenvalue weighted by Gasteiger charge is 2.10. The van der Waals surface area contributed by atoms with E-state index in [1.54, 1.807) is 11.3 Å².